The molecule has 1 heterocycles. The maximum Gasteiger partial charge on any atom is 0.251 e. The molecule has 112 valence electrons. The smallest absolute Gasteiger partial charge is 0.251 e. The summed E-state index contributed by atoms with van der Waals surface area (Å²) in [6.45, 7) is 0.720. The van der Waals surface area contributed by atoms with Gasteiger partial charge in [-0.3, -0.25) is 14.4 Å². The summed E-state index contributed by atoms with van der Waals surface area (Å²) >= 11 is 0. The van der Waals surface area contributed by atoms with Crippen LogP contribution >= 0.6 is 0 Å². The normalized spacial score (nSPS) is 14.7. The van der Waals surface area contributed by atoms with Crippen molar-refractivity contribution in [3.63, 3.8) is 0 Å². The summed E-state index contributed by atoms with van der Waals surface area (Å²) in [7, 11) is 1.56. The highest BCUT2D eigenvalue weighted by Gasteiger charge is 2.20. The molecule has 1 aliphatic rings. The van der Waals surface area contributed by atoms with Gasteiger partial charge in [-0.25, -0.2) is 0 Å². The topological polar surface area (TPSA) is 78.5 Å². The molecule has 1 aromatic carbocycles. The second-order valence-electron chi connectivity index (χ2n) is 4.98. The van der Waals surface area contributed by atoms with Crippen LogP contribution in [0.5, 0.6) is 0 Å². The minimum Gasteiger partial charge on any atom is -0.355 e. The number of likely N-dealkylation sites (tertiary alicyclic amines) is 1. The van der Waals surface area contributed by atoms with E-state index in [0.717, 1.165) is 12.8 Å². The van der Waals surface area contributed by atoms with Gasteiger partial charge in [0.1, 0.15) is 0 Å². The zero-order valence-corrected chi connectivity index (χ0v) is 12.0. The number of rotatable bonds is 4. The molecule has 0 bridgehead atoms. The first kappa shape index (κ1) is 15.0. The fourth-order valence-corrected chi connectivity index (χ4v) is 2.25. The first-order valence-corrected chi connectivity index (χ1v) is 7.00. The molecule has 0 aliphatic carbocycles. The second-order valence-corrected chi connectivity index (χ2v) is 4.98. The minimum absolute atomic E-state index is 0.0337. The molecule has 6 nitrogen and oxygen atoms in total. The van der Waals surface area contributed by atoms with Gasteiger partial charge in [-0.05, 0) is 37.1 Å². The fourth-order valence-electron chi connectivity index (χ4n) is 2.25. The second kappa shape index (κ2) is 6.88. The third-order valence-electron chi connectivity index (χ3n) is 3.41. The molecule has 0 unspecified atom stereocenters. The number of piperidine rings is 1. The summed E-state index contributed by atoms with van der Waals surface area (Å²) in [6.07, 6.45) is 2.37. The van der Waals surface area contributed by atoms with Crippen LogP contribution in [0, 0.1) is 0 Å². The lowest BCUT2D eigenvalue weighted by atomic mass is 10.1. The van der Waals surface area contributed by atoms with Gasteiger partial charge < -0.3 is 15.5 Å². The van der Waals surface area contributed by atoms with Crippen molar-refractivity contribution in [1.29, 1.82) is 0 Å². The zero-order valence-electron chi connectivity index (χ0n) is 12.0. The van der Waals surface area contributed by atoms with Crippen LogP contribution in [0.4, 0.5) is 5.69 Å². The highest BCUT2D eigenvalue weighted by molar-refractivity contribution is 5.96. The highest BCUT2D eigenvalue weighted by atomic mass is 16.2. The van der Waals surface area contributed by atoms with Crippen molar-refractivity contribution in [3.8, 4) is 0 Å². The largest absolute Gasteiger partial charge is 0.355 e. The monoisotopic (exact) mass is 289 g/mol. The van der Waals surface area contributed by atoms with Crippen LogP contribution in [0.25, 0.3) is 0 Å². The quantitative estimate of drug-likeness (QED) is 0.868. The molecule has 2 rings (SSSR count). The minimum atomic E-state index is -0.224. The predicted octanol–water partition coefficient (Wildman–Crippen LogP) is 0.997. The fraction of sp³-hybridized carbons (Fsp3) is 0.400. The van der Waals surface area contributed by atoms with Crippen molar-refractivity contribution >= 4 is 23.4 Å². The molecule has 1 aromatic rings. The Morgan fingerprint density at radius 3 is 2.52 bits per heavy atom. The van der Waals surface area contributed by atoms with Crippen molar-refractivity contribution in [2.24, 2.45) is 0 Å². The van der Waals surface area contributed by atoms with Gasteiger partial charge >= 0.3 is 0 Å². The molecule has 0 aromatic heterocycles. The number of hydrogen-bond acceptors (Lipinski definition) is 3. The van der Waals surface area contributed by atoms with Crippen LogP contribution in [-0.4, -0.2) is 42.8 Å². The van der Waals surface area contributed by atoms with E-state index in [1.54, 1.807) is 36.2 Å². The Morgan fingerprint density at radius 1 is 1.19 bits per heavy atom. The Kier molecular flexibility index (Phi) is 4.92. The lowest BCUT2D eigenvalue weighted by Gasteiger charge is -2.25. The van der Waals surface area contributed by atoms with E-state index in [1.807, 2.05) is 0 Å². The van der Waals surface area contributed by atoms with E-state index in [0.29, 0.717) is 24.2 Å². The third kappa shape index (κ3) is 4.05. The van der Waals surface area contributed by atoms with Crippen LogP contribution in [0.1, 0.15) is 29.6 Å². The van der Waals surface area contributed by atoms with Gasteiger partial charge in [-0.2, -0.15) is 0 Å². The average molecular weight is 289 g/mol. The molecule has 0 radical (unpaired) electrons. The van der Waals surface area contributed by atoms with Crippen LogP contribution in [0.3, 0.4) is 0 Å². The molecule has 1 fully saturated rings. The van der Waals surface area contributed by atoms with Crippen LogP contribution in [0.15, 0.2) is 24.3 Å². The molecule has 21 heavy (non-hydrogen) atoms. The summed E-state index contributed by atoms with van der Waals surface area (Å²) in [5.41, 5.74) is 1.14. The van der Waals surface area contributed by atoms with E-state index >= 15 is 0 Å². The molecule has 3 amide bonds. The van der Waals surface area contributed by atoms with Crippen molar-refractivity contribution in [2.75, 3.05) is 25.5 Å². The van der Waals surface area contributed by atoms with E-state index in [4.69, 9.17) is 0 Å². The molecule has 1 aliphatic heterocycles. The lowest BCUT2D eigenvalue weighted by Crippen LogP contribution is -2.40. The molecule has 0 saturated carbocycles. The first-order chi connectivity index (χ1) is 10.1. The van der Waals surface area contributed by atoms with E-state index < -0.39 is 0 Å². The third-order valence-corrected chi connectivity index (χ3v) is 3.41. The number of nitrogens with zero attached hydrogens (tertiary/aromatic N) is 1. The molecule has 0 atom stereocenters. The van der Waals surface area contributed by atoms with Gasteiger partial charge in [0.25, 0.3) is 5.91 Å². The van der Waals surface area contributed by atoms with E-state index in [1.165, 1.54) is 0 Å². The summed E-state index contributed by atoms with van der Waals surface area (Å²) in [4.78, 5) is 36.5. The van der Waals surface area contributed by atoms with Gasteiger partial charge in [-0.1, -0.05) is 0 Å². The molecular weight excluding hydrogens is 270 g/mol. The van der Waals surface area contributed by atoms with E-state index in [9.17, 15) is 14.4 Å². The van der Waals surface area contributed by atoms with Gasteiger partial charge in [0, 0.05) is 31.3 Å². The Morgan fingerprint density at radius 2 is 1.90 bits per heavy atom. The Bertz CT molecular complexity index is 540. The molecular formula is C15H19N3O3. The number of benzene rings is 1. The maximum absolute atomic E-state index is 11.9. The first-order valence-electron chi connectivity index (χ1n) is 7.00. The zero-order chi connectivity index (χ0) is 15.2. The van der Waals surface area contributed by atoms with Crippen molar-refractivity contribution in [3.05, 3.63) is 29.8 Å². The maximum atomic E-state index is 11.9. The Labute approximate surface area is 123 Å². The summed E-state index contributed by atoms with van der Waals surface area (Å²) < 4.78 is 0. The van der Waals surface area contributed by atoms with Gasteiger partial charge in [0.05, 0.1) is 6.54 Å². The molecule has 2 N–H and O–H groups in total. The lowest BCUT2D eigenvalue weighted by molar-refractivity contribution is -0.136. The number of carbonyl (C=O) groups excluding carboxylic acids is 3. The molecule has 6 heteroatoms. The van der Waals surface area contributed by atoms with Gasteiger partial charge in [0.15, 0.2) is 0 Å². The van der Waals surface area contributed by atoms with Crippen LogP contribution in [-0.2, 0) is 9.59 Å². The van der Waals surface area contributed by atoms with E-state index in [-0.39, 0.29) is 24.3 Å². The Balaban J connectivity index is 1.90. The van der Waals surface area contributed by atoms with Crippen LogP contribution in [0.2, 0.25) is 0 Å². The highest BCUT2D eigenvalue weighted by Crippen LogP contribution is 2.12. The number of hydrogen-bond donors (Lipinski definition) is 2. The summed E-state index contributed by atoms with van der Waals surface area (Å²) in [6, 6.07) is 6.61. The summed E-state index contributed by atoms with van der Waals surface area (Å²) in [5, 5.41) is 5.26. The van der Waals surface area contributed by atoms with Gasteiger partial charge in [-0.15, -0.1) is 0 Å². The SMILES string of the molecule is CNC(=O)c1ccc(NC(=O)CN2CCCCC2=O)cc1. The predicted molar refractivity (Wildman–Crippen MR) is 78.9 cm³/mol. The van der Waals surface area contributed by atoms with Gasteiger partial charge in [0.2, 0.25) is 11.8 Å². The van der Waals surface area contributed by atoms with E-state index in [2.05, 4.69) is 10.6 Å². The van der Waals surface area contributed by atoms with Crippen molar-refractivity contribution in [1.82, 2.24) is 10.2 Å². The summed E-state index contributed by atoms with van der Waals surface area (Å²) in [5.74, 6) is -0.365. The molecule has 1 saturated heterocycles. The van der Waals surface area contributed by atoms with Crippen molar-refractivity contribution < 1.29 is 14.4 Å². The van der Waals surface area contributed by atoms with Crippen molar-refractivity contribution in [2.45, 2.75) is 19.3 Å². The molecule has 0 spiro atoms. The number of amides is 3. The van der Waals surface area contributed by atoms with Crippen LogP contribution < -0.4 is 10.6 Å². The average Bonchev–Trinajstić information content (AvgIpc) is 2.49. The number of anilines is 1. The number of nitrogens with one attached hydrogen (secondary N) is 2. The number of carbonyl (C=O) groups is 3. The Hall–Kier alpha value is -2.37. The standard InChI is InChI=1S/C15H19N3O3/c1-16-15(21)11-5-7-12(8-6-11)17-13(19)10-18-9-3-2-4-14(18)20/h5-8H,2-4,9-10H2,1H3,(H,16,21)(H,17,19).